The lowest BCUT2D eigenvalue weighted by atomic mass is 10.0. The first-order valence-corrected chi connectivity index (χ1v) is 9.76. The number of nitrogens with one attached hydrogen (secondary N) is 1. The largest absolute Gasteiger partial charge is 0.347 e. The minimum absolute atomic E-state index is 0.0573. The Hall–Kier alpha value is -2.43. The van der Waals surface area contributed by atoms with Crippen LogP contribution in [0, 0.1) is 13.8 Å². The van der Waals surface area contributed by atoms with E-state index >= 15 is 0 Å². The summed E-state index contributed by atoms with van der Waals surface area (Å²) in [6.45, 7) is 5.14. The minimum Gasteiger partial charge on any atom is -0.347 e. The molecule has 1 atom stereocenters. The first-order valence-electron chi connectivity index (χ1n) is 8.88. The molecule has 3 nitrogen and oxygen atoms in total. The number of rotatable bonds is 7. The Morgan fingerprint density at radius 2 is 1.81 bits per heavy atom. The van der Waals surface area contributed by atoms with Gasteiger partial charge in [-0.1, -0.05) is 60.2 Å². The molecule has 3 rings (SSSR count). The van der Waals surface area contributed by atoms with Gasteiger partial charge in [0.1, 0.15) is 6.04 Å². The van der Waals surface area contributed by atoms with E-state index < -0.39 is 0 Å². The minimum atomic E-state index is 0.0573. The predicted octanol–water partition coefficient (Wildman–Crippen LogP) is 3.33. The van der Waals surface area contributed by atoms with Gasteiger partial charge in [0.25, 0.3) is 5.91 Å². The van der Waals surface area contributed by atoms with E-state index in [4.69, 9.17) is 0 Å². The third-order valence-corrected chi connectivity index (χ3v) is 5.52. The zero-order valence-corrected chi connectivity index (χ0v) is 16.1. The smallest absolute Gasteiger partial charge is 0.275 e. The number of quaternary nitrogens is 1. The van der Waals surface area contributed by atoms with Gasteiger partial charge in [-0.25, -0.2) is 0 Å². The van der Waals surface area contributed by atoms with Gasteiger partial charge in [0.2, 0.25) is 0 Å². The summed E-state index contributed by atoms with van der Waals surface area (Å²) in [5, 5.41) is 7.23. The average molecular weight is 366 g/mol. The topological polar surface area (TPSA) is 45.7 Å². The standard InChI is InChI=1S/C22H24N2OS/c1-16-9-11-18(12-10-16)22(20-8-5-13-26-20)24-15-21(25)23-14-19-7-4-3-6-17(19)2/h3-13,22,24H,14-15H2,1-2H3,(H,23,25)/p+1/t22-/m0/s1. The summed E-state index contributed by atoms with van der Waals surface area (Å²) in [7, 11) is 0. The molecular weight excluding hydrogens is 340 g/mol. The van der Waals surface area contributed by atoms with Crippen LogP contribution < -0.4 is 10.6 Å². The Labute approximate surface area is 159 Å². The number of thiophene rings is 1. The van der Waals surface area contributed by atoms with Crippen LogP contribution in [0.5, 0.6) is 0 Å². The Balaban J connectivity index is 1.61. The van der Waals surface area contributed by atoms with Crippen LogP contribution in [-0.2, 0) is 11.3 Å². The van der Waals surface area contributed by atoms with Crippen molar-refractivity contribution in [3.8, 4) is 0 Å². The molecule has 0 bridgehead atoms. The summed E-state index contributed by atoms with van der Waals surface area (Å²) in [4.78, 5) is 13.6. The highest BCUT2D eigenvalue weighted by Gasteiger charge is 2.19. The van der Waals surface area contributed by atoms with E-state index in [2.05, 4.69) is 78.4 Å². The number of hydrogen-bond acceptors (Lipinski definition) is 2. The first kappa shape index (κ1) is 18.4. The van der Waals surface area contributed by atoms with Gasteiger partial charge in [0.15, 0.2) is 6.54 Å². The van der Waals surface area contributed by atoms with Crippen LogP contribution in [0.4, 0.5) is 0 Å². The van der Waals surface area contributed by atoms with Crippen molar-refractivity contribution in [3.63, 3.8) is 0 Å². The van der Waals surface area contributed by atoms with Crippen LogP contribution in [0.25, 0.3) is 0 Å². The molecule has 3 aromatic rings. The normalized spacial score (nSPS) is 11.9. The van der Waals surface area contributed by atoms with Crippen molar-refractivity contribution in [3.05, 3.63) is 93.2 Å². The molecule has 4 heteroatoms. The third kappa shape index (κ3) is 4.81. The molecule has 1 aromatic heterocycles. The Bertz CT molecular complexity index is 841. The summed E-state index contributed by atoms with van der Waals surface area (Å²) in [6.07, 6.45) is 0. The van der Waals surface area contributed by atoms with E-state index in [0.717, 1.165) is 5.56 Å². The van der Waals surface area contributed by atoms with Crippen molar-refractivity contribution in [1.29, 1.82) is 0 Å². The second kappa shape index (κ2) is 8.79. The van der Waals surface area contributed by atoms with E-state index in [1.54, 1.807) is 11.3 Å². The molecule has 0 unspecified atom stereocenters. The zero-order chi connectivity index (χ0) is 18.4. The van der Waals surface area contributed by atoms with Crippen LogP contribution in [0.15, 0.2) is 66.0 Å². The Morgan fingerprint density at radius 3 is 2.50 bits per heavy atom. The molecule has 134 valence electrons. The molecule has 0 spiro atoms. The van der Waals surface area contributed by atoms with Gasteiger partial charge < -0.3 is 10.6 Å². The first-order chi connectivity index (χ1) is 12.6. The maximum absolute atomic E-state index is 12.3. The Kier molecular flexibility index (Phi) is 6.21. The molecule has 0 saturated heterocycles. The number of hydrogen-bond donors (Lipinski definition) is 2. The van der Waals surface area contributed by atoms with E-state index in [1.165, 1.54) is 21.6 Å². The SMILES string of the molecule is Cc1ccc([C@H]([NH2+]CC(=O)NCc2ccccc2C)c2cccs2)cc1. The van der Waals surface area contributed by atoms with Crippen LogP contribution in [-0.4, -0.2) is 12.5 Å². The predicted molar refractivity (Wildman–Crippen MR) is 107 cm³/mol. The van der Waals surface area contributed by atoms with Gasteiger partial charge in [-0.15, -0.1) is 11.3 Å². The molecule has 0 fully saturated rings. The van der Waals surface area contributed by atoms with Crippen LogP contribution in [0.1, 0.15) is 33.2 Å². The zero-order valence-electron chi connectivity index (χ0n) is 15.2. The molecule has 0 aliphatic rings. The lowest BCUT2D eigenvalue weighted by Gasteiger charge is -2.15. The van der Waals surface area contributed by atoms with Crippen LogP contribution >= 0.6 is 11.3 Å². The molecule has 0 aliphatic heterocycles. The highest BCUT2D eigenvalue weighted by atomic mass is 32.1. The maximum atomic E-state index is 12.3. The Morgan fingerprint density at radius 1 is 1.04 bits per heavy atom. The lowest BCUT2D eigenvalue weighted by molar-refractivity contribution is -0.676. The fourth-order valence-corrected chi connectivity index (χ4v) is 3.81. The van der Waals surface area contributed by atoms with E-state index in [0.29, 0.717) is 13.1 Å². The second-order valence-corrected chi connectivity index (χ2v) is 7.53. The fraction of sp³-hybridized carbons (Fsp3) is 0.227. The number of benzene rings is 2. The molecule has 2 aromatic carbocycles. The highest BCUT2D eigenvalue weighted by molar-refractivity contribution is 7.10. The lowest BCUT2D eigenvalue weighted by Crippen LogP contribution is -2.87. The second-order valence-electron chi connectivity index (χ2n) is 6.55. The monoisotopic (exact) mass is 365 g/mol. The molecule has 0 radical (unpaired) electrons. The quantitative estimate of drug-likeness (QED) is 0.663. The number of carbonyl (C=O) groups excluding carboxylic acids is 1. The van der Waals surface area contributed by atoms with Gasteiger partial charge in [-0.05, 0) is 36.4 Å². The molecule has 0 aliphatic carbocycles. The van der Waals surface area contributed by atoms with Crippen molar-refractivity contribution in [1.82, 2.24) is 5.32 Å². The van der Waals surface area contributed by atoms with Crippen LogP contribution in [0.3, 0.4) is 0 Å². The molecule has 26 heavy (non-hydrogen) atoms. The van der Waals surface area contributed by atoms with E-state index in [1.807, 2.05) is 12.1 Å². The summed E-state index contributed by atoms with van der Waals surface area (Å²) < 4.78 is 0. The van der Waals surface area contributed by atoms with E-state index in [-0.39, 0.29) is 11.9 Å². The van der Waals surface area contributed by atoms with E-state index in [9.17, 15) is 4.79 Å². The van der Waals surface area contributed by atoms with Gasteiger partial charge in [-0.3, -0.25) is 4.79 Å². The highest BCUT2D eigenvalue weighted by Crippen LogP contribution is 2.22. The summed E-state index contributed by atoms with van der Waals surface area (Å²) in [5.74, 6) is 0.0573. The van der Waals surface area contributed by atoms with Crippen LogP contribution in [0.2, 0.25) is 0 Å². The van der Waals surface area contributed by atoms with Crippen molar-refractivity contribution >= 4 is 17.2 Å². The molecular formula is C22H25N2OS+. The van der Waals surface area contributed by atoms with Gasteiger partial charge in [-0.2, -0.15) is 0 Å². The molecule has 1 amide bonds. The summed E-state index contributed by atoms with van der Waals surface area (Å²) in [6, 6.07) is 21.1. The summed E-state index contributed by atoms with van der Waals surface area (Å²) >= 11 is 1.73. The third-order valence-electron chi connectivity index (χ3n) is 4.56. The summed E-state index contributed by atoms with van der Waals surface area (Å²) in [5.41, 5.74) is 4.83. The molecule has 3 N–H and O–H groups in total. The van der Waals surface area contributed by atoms with Gasteiger partial charge in [0, 0.05) is 12.1 Å². The average Bonchev–Trinajstić information content (AvgIpc) is 3.17. The number of aryl methyl sites for hydroxylation is 2. The maximum Gasteiger partial charge on any atom is 0.275 e. The van der Waals surface area contributed by atoms with Gasteiger partial charge in [0.05, 0.1) is 4.88 Å². The molecule has 1 heterocycles. The van der Waals surface area contributed by atoms with Crippen molar-refractivity contribution in [2.24, 2.45) is 0 Å². The van der Waals surface area contributed by atoms with Crippen molar-refractivity contribution in [2.75, 3.05) is 6.54 Å². The molecule has 0 saturated carbocycles. The number of carbonyl (C=O) groups is 1. The van der Waals surface area contributed by atoms with Crippen molar-refractivity contribution < 1.29 is 10.1 Å². The number of amides is 1. The fourth-order valence-electron chi connectivity index (χ4n) is 2.96. The van der Waals surface area contributed by atoms with Crippen molar-refractivity contribution in [2.45, 2.75) is 26.4 Å². The van der Waals surface area contributed by atoms with Gasteiger partial charge >= 0.3 is 0 Å². The number of nitrogens with two attached hydrogens (primary N) is 1.